The maximum Gasteiger partial charge on any atom is 0.187 e. The molecule has 0 aromatic rings. The predicted molar refractivity (Wildman–Crippen MR) is 128 cm³/mol. The van der Waals surface area contributed by atoms with E-state index in [0.29, 0.717) is 37.7 Å². The van der Waals surface area contributed by atoms with Gasteiger partial charge in [-0.15, -0.1) is 0 Å². The molecule has 4 aliphatic rings. The number of carbonyl (C=O) groups is 1. The largest absolute Gasteiger partial charge is 0.390 e. The van der Waals surface area contributed by atoms with Crippen molar-refractivity contribution in [2.45, 2.75) is 127 Å². The van der Waals surface area contributed by atoms with Crippen LogP contribution >= 0.6 is 0 Å². The lowest BCUT2D eigenvalue weighted by Crippen LogP contribution is -2.69. The zero-order valence-corrected chi connectivity index (χ0v) is 21.7. The monoisotopic (exact) mass is 496 g/mol. The number of fused-ring (bicyclic) bond motifs is 5. The van der Waals surface area contributed by atoms with Crippen LogP contribution in [0.1, 0.15) is 86.0 Å². The second kappa shape index (κ2) is 8.06. The van der Waals surface area contributed by atoms with E-state index in [9.17, 15) is 40.5 Å². The highest BCUT2D eigenvalue weighted by Gasteiger charge is 2.71. The summed E-state index contributed by atoms with van der Waals surface area (Å²) < 4.78 is 0. The molecular formula is C27H44O8. The van der Waals surface area contributed by atoms with Crippen molar-refractivity contribution in [1.82, 2.24) is 0 Å². The first-order chi connectivity index (χ1) is 15.8. The van der Waals surface area contributed by atoms with Crippen LogP contribution < -0.4 is 0 Å². The molecule has 0 radical (unpaired) electrons. The lowest BCUT2D eigenvalue weighted by Gasteiger charge is -2.62. The van der Waals surface area contributed by atoms with E-state index >= 15 is 0 Å². The Bertz CT molecular complexity index is 907. The van der Waals surface area contributed by atoms with Crippen molar-refractivity contribution >= 4 is 5.78 Å². The van der Waals surface area contributed by atoms with Crippen LogP contribution in [0.25, 0.3) is 0 Å². The first kappa shape index (κ1) is 27.2. The van der Waals surface area contributed by atoms with E-state index in [2.05, 4.69) is 0 Å². The minimum Gasteiger partial charge on any atom is -0.390 e. The molecule has 4 aliphatic carbocycles. The summed E-state index contributed by atoms with van der Waals surface area (Å²) in [6, 6.07) is 0. The maximum atomic E-state index is 13.3. The van der Waals surface area contributed by atoms with E-state index in [0.717, 1.165) is 0 Å². The van der Waals surface area contributed by atoms with Gasteiger partial charge in [0, 0.05) is 17.3 Å². The van der Waals surface area contributed by atoms with Crippen LogP contribution in [-0.4, -0.2) is 82.2 Å². The zero-order valence-electron chi connectivity index (χ0n) is 21.7. The van der Waals surface area contributed by atoms with Crippen molar-refractivity contribution in [3.63, 3.8) is 0 Å². The van der Waals surface area contributed by atoms with Gasteiger partial charge in [-0.05, 0) is 89.2 Å². The summed E-state index contributed by atoms with van der Waals surface area (Å²) in [4.78, 5) is 13.3. The normalized spacial score (nSPS) is 48.3. The maximum absolute atomic E-state index is 13.3. The van der Waals surface area contributed by atoms with Gasteiger partial charge in [-0.2, -0.15) is 0 Å². The standard InChI is InChI=1S/C27H44O8/c1-22(2,32)9-8-20(30)25(5,33)19-7-11-26(34)16-12-21(31)27(35)14-18(29)17(28)13-24(27,4)15(16)6-10-23(19,26)3/h12,15,17-20,28-30,32-35H,6-11,13-14H2,1-5H3/t15?,17-,18+,19-,20+,23+,24+,25+,26+,27+/m0/s1. The average molecular weight is 497 g/mol. The Morgan fingerprint density at radius 3 is 2.17 bits per heavy atom. The highest BCUT2D eigenvalue weighted by atomic mass is 16.3. The van der Waals surface area contributed by atoms with Crippen LogP contribution in [0.2, 0.25) is 0 Å². The summed E-state index contributed by atoms with van der Waals surface area (Å²) in [6.07, 6.45) is 0.0884. The third-order valence-corrected chi connectivity index (χ3v) is 10.7. The average Bonchev–Trinajstić information content (AvgIpc) is 3.01. The zero-order chi connectivity index (χ0) is 26.4. The van der Waals surface area contributed by atoms with Gasteiger partial charge in [0.05, 0.1) is 35.1 Å². The molecule has 1 unspecified atom stereocenters. The minimum atomic E-state index is -1.82. The molecule has 3 saturated carbocycles. The summed E-state index contributed by atoms with van der Waals surface area (Å²) in [6.45, 7) is 8.58. The fraction of sp³-hybridized carbons (Fsp3) is 0.889. The van der Waals surface area contributed by atoms with Gasteiger partial charge in [0.1, 0.15) is 5.60 Å². The van der Waals surface area contributed by atoms with Crippen molar-refractivity contribution in [3.8, 4) is 0 Å². The molecule has 35 heavy (non-hydrogen) atoms. The number of hydrogen-bond acceptors (Lipinski definition) is 8. The molecule has 0 spiro atoms. The molecule has 0 heterocycles. The van der Waals surface area contributed by atoms with E-state index in [-0.39, 0.29) is 25.2 Å². The van der Waals surface area contributed by atoms with Gasteiger partial charge in [0.15, 0.2) is 5.78 Å². The molecule has 0 amide bonds. The summed E-state index contributed by atoms with van der Waals surface area (Å²) >= 11 is 0. The highest BCUT2D eigenvalue weighted by Crippen LogP contribution is 2.69. The quantitative estimate of drug-likeness (QED) is 0.297. The smallest absolute Gasteiger partial charge is 0.187 e. The third kappa shape index (κ3) is 3.70. The molecule has 8 heteroatoms. The molecule has 0 aromatic heterocycles. The summed E-state index contributed by atoms with van der Waals surface area (Å²) in [5.41, 5.74) is -7.07. The molecule has 0 aliphatic heterocycles. The van der Waals surface area contributed by atoms with Crippen LogP contribution in [0.3, 0.4) is 0 Å². The number of aliphatic hydroxyl groups is 7. The molecule has 7 N–H and O–H groups in total. The highest BCUT2D eigenvalue weighted by molar-refractivity contribution is 6.00. The second-order valence-corrected chi connectivity index (χ2v) is 13.3. The van der Waals surface area contributed by atoms with Crippen molar-refractivity contribution in [2.24, 2.45) is 22.7 Å². The molecular weight excluding hydrogens is 452 g/mol. The van der Waals surface area contributed by atoms with Crippen molar-refractivity contribution in [2.75, 3.05) is 0 Å². The minimum absolute atomic E-state index is 0.0437. The summed E-state index contributed by atoms with van der Waals surface area (Å²) in [5, 5.41) is 77.0. The molecule has 8 nitrogen and oxygen atoms in total. The van der Waals surface area contributed by atoms with Crippen LogP contribution in [0.4, 0.5) is 0 Å². The van der Waals surface area contributed by atoms with Crippen molar-refractivity contribution in [1.29, 1.82) is 0 Å². The Morgan fingerprint density at radius 1 is 0.971 bits per heavy atom. The van der Waals surface area contributed by atoms with E-state index in [1.807, 2.05) is 6.92 Å². The Hall–Kier alpha value is -0.870. The Balaban J connectivity index is 1.70. The molecule has 200 valence electrons. The SMILES string of the molecule is CC(C)(O)CC[C@@H](O)[C@](C)(O)[C@H]1CC[C@@]2(O)C3=CC(=O)[C@]4(O)C[C@@H](O)[C@@H](O)C[C@]4(C)C3CC[C@]12C. The molecule has 10 atom stereocenters. The number of ketones is 1. The third-order valence-electron chi connectivity index (χ3n) is 10.7. The Labute approximate surface area is 207 Å². The molecule has 3 fully saturated rings. The second-order valence-electron chi connectivity index (χ2n) is 13.3. The number of hydrogen-bond donors (Lipinski definition) is 7. The number of aliphatic hydroxyl groups excluding tert-OH is 3. The van der Waals surface area contributed by atoms with Gasteiger partial charge in [0.2, 0.25) is 0 Å². The number of rotatable bonds is 5. The topological polar surface area (TPSA) is 159 Å². The summed E-state index contributed by atoms with van der Waals surface area (Å²) in [5.74, 6) is -1.38. The fourth-order valence-corrected chi connectivity index (χ4v) is 8.31. The van der Waals surface area contributed by atoms with E-state index < -0.39 is 63.2 Å². The van der Waals surface area contributed by atoms with Gasteiger partial charge in [-0.3, -0.25) is 4.79 Å². The lowest BCUT2D eigenvalue weighted by molar-refractivity contribution is -0.211. The van der Waals surface area contributed by atoms with Crippen LogP contribution in [0, 0.1) is 22.7 Å². The molecule has 4 rings (SSSR count). The van der Waals surface area contributed by atoms with Gasteiger partial charge < -0.3 is 35.7 Å². The van der Waals surface area contributed by atoms with Crippen molar-refractivity contribution < 1.29 is 40.5 Å². The van der Waals surface area contributed by atoms with Crippen molar-refractivity contribution in [3.05, 3.63) is 11.6 Å². The van der Waals surface area contributed by atoms with Crippen LogP contribution in [0.15, 0.2) is 11.6 Å². The lowest BCUT2D eigenvalue weighted by atomic mass is 9.44. The predicted octanol–water partition coefficient (Wildman–Crippen LogP) is 0.969. The van der Waals surface area contributed by atoms with E-state index in [1.54, 1.807) is 27.7 Å². The fourth-order valence-electron chi connectivity index (χ4n) is 8.31. The van der Waals surface area contributed by atoms with E-state index in [4.69, 9.17) is 0 Å². The van der Waals surface area contributed by atoms with Gasteiger partial charge in [0.25, 0.3) is 0 Å². The molecule has 0 saturated heterocycles. The molecule has 0 aromatic carbocycles. The van der Waals surface area contributed by atoms with Crippen LogP contribution in [-0.2, 0) is 4.79 Å². The van der Waals surface area contributed by atoms with E-state index in [1.165, 1.54) is 6.08 Å². The number of carbonyl (C=O) groups excluding carboxylic acids is 1. The Kier molecular flexibility index (Phi) is 6.26. The van der Waals surface area contributed by atoms with Gasteiger partial charge in [-0.1, -0.05) is 13.8 Å². The summed E-state index contributed by atoms with van der Waals surface area (Å²) in [7, 11) is 0. The first-order valence-corrected chi connectivity index (χ1v) is 13.0. The van der Waals surface area contributed by atoms with Gasteiger partial charge in [-0.25, -0.2) is 0 Å². The van der Waals surface area contributed by atoms with Gasteiger partial charge >= 0.3 is 0 Å². The Morgan fingerprint density at radius 2 is 1.57 bits per heavy atom. The first-order valence-electron chi connectivity index (χ1n) is 13.0. The molecule has 0 bridgehead atoms. The van der Waals surface area contributed by atoms with Crippen LogP contribution in [0.5, 0.6) is 0 Å².